The number of para-hydroxylation sites is 1. The first-order chi connectivity index (χ1) is 6.84. The van der Waals surface area contributed by atoms with E-state index in [0.717, 1.165) is 10.8 Å². The number of rotatable bonds is 3. The van der Waals surface area contributed by atoms with Gasteiger partial charge in [0, 0.05) is 0 Å². The zero-order valence-corrected chi connectivity index (χ0v) is 8.76. The molecule has 0 aliphatic carbocycles. The van der Waals surface area contributed by atoms with Crippen molar-refractivity contribution in [3.63, 3.8) is 0 Å². The van der Waals surface area contributed by atoms with Crippen LogP contribution in [0.1, 0.15) is 5.01 Å². The van der Waals surface area contributed by atoms with Gasteiger partial charge in [-0.25, -0.2) is 4.98 Å². The first kappa shape index (κ1) is 9.43. The van der Waals surface area contributed by atoms with Gasteiger partial charge < -0.3 is 4.74 Å². The third-order valence-electron chi connectivity index (χ3n) is 1.55. The van der Waals surface area contributed by atoms with E-state index in [1.165, 1.54) is 11.5 Å². The van der Waals surface area contributed by atoms with Crippen LogP contribution < -0.4 is 4.74 Å². The lowest BCUT2D eigenvalue weighted by molar-refractivity contribution is 0.305. The first-order valence-corrected chi connectivity index (χ1v) is 5.15. The number of aromatic nitrogens is 2. The molecule has 1 heterocycles. The Kier molecular flexibility index (Phi) is 2.96. The number of benzene rings is 1. The summed E-state index contributed by atoms with van der Waals surface area (Å²) in [6.07, 6.45) is 0. The molecular formula is C9H7ClN2OS. The maximum atomic E-state index is 5.57. The second-order valence-electron chi connectivity index (χ2n) is 2.56. The molecule has 14 heavy (non-hydrogen) atoms. The van der Waals surface area contributed by atoms with E-state index in [1.54, 1.807) is 0 Å². The lowest BCUT2D eigenvalue weighted by Crippen LogP contribution is -1.93. The molecule has 0 aliphatic rings. The van der Waals surface area contributed by atoms with Gasteiger partial charge in [-0.3, -0.25) is 0 Å². The van der Waals surface area contributed by atoms with Gasteiger partial charge in [0.15, 0.2) is 5.01 Å². The average molecular weight is 227 g/mol. The van der Waals surface area contributed by atoms with Crippen molar-refractivity contribution in [3.8, 4) is 5.75 Å². The van der Waals surface area contributed by atoms with Gasteiger partial charge in [-0.15, -0.1) is 0 Å². The minimum absolute atomic E-state index is 0.279. The van der Waals surface area contributed by atoms with Crippen molar-refractivity contribution in [2.24, 2.45) is 0 Å². The summed E-state index contributed by atoms with van der Waals surface area (Å²) < 4.78 is 9.30. The van der Waals surface area contributed by atoms with Crippen molar-refractivity contribution < 1.29 is 4.74 Å². The van der Waals surface area contributed by atoms with Gasteiger partial charge in [-0.2, -0.15) is 4.37 Å². The van der Waals surface area contributed by atoms with E-state index in [4.69, 9.17) is 16.3 Å². The second kappa shape index (κ2) is 4.39. The van der Waals surface area contributed by atoms with Gasteiger partial charge in [0.25, 0.3) is 0 Å². The molecule has 0 amide bonds. The Morgan fingerprint density at radius 1 is 1.29 bits per heavy atom. The molecule has 3 nitrogen and oxygen atoms in total. The number of hydrogen-bond donors (Lipinski definition) is 0. The summed E-state index contributed by atoms with van der Waals surface area (Å²) in [6.45, 7) is 0.411. The highest BCUT2D eigenvalue weighted by Gasteiger charge is 2.01. The molecule has 72 valence electrons. The highest BCUT2D eigenvalue weighted by molar-refractivity contribution is 7.05. The zero-order valence-electron chi connectivity index (χ0n) is 7.18. The number of hydrogen-bond acceptors (Lipinski definition) is 4. The standard InChI is InChI=1S/C9H7ClN2OS/c10-9-11-8(14-12-9)6-13-7-4-2-1-3-5-7/h1-5H,6H2. The van der Waals surface area contributed by atoms with Crippen LogP contribution in [0.2, 0.25) is 5.28 Å². The van der Waals surface area contributed by atoms with Gasteiger partial charge in [0.05, 0.1) is 0 Å². The summed E-state index contributed by atoms with van der Waals surface area (Å²) in [5.74, 6) is 0.818. The lowest BCUT2D eigenvalue weighted by Gasteiger charge is -2.01. The molecule has 0 N–H and O–H groups in total. The Morgan fingerprint density at radius 3 is 2.71 bits per heavy atom. The highest BCUT2D eigenvalue weighted by Crippen LogP contribution is 2.14. The number of nitrogens with zero attached hydrogens (tertiary/aromatic N) is 2. The van der Waals surface area contributed by atoms with Crippen LogP contribution in [-0.4, -0.2) is 9.36 Å². The van der Waals surface area contributed by atoms with Crippen LogP contribution in [0, 0.1) is 0 Å². The van der Waals surface area contributed by atoms with Crippen LogP contribution in [0.5, 0.6) is 5.75 Å². The Hall–Kier alpha value is -1.13. The summed E-state index contributed by atoms with van der Waals surface area (Å²) in [5.41, 5.74) is 0. The molecule has 1 aromatic heterocycles. The largest absolute Gasteiger partial charge is 0.486 e. The van der Waals surface area contributed by atoms with Gasteiger partial charge in [-0.1, -0.05) is 18.2 Å². The smallest absolute Gasteiger partial charge is 0.234 e. The molecule has 1 aromatic carbocycles. The first-order valence-electron chi connectivity index (χ1n) is 4.00. The predicted octanol–water partition coefficient (Wildman–Crippen LogP) is 2.77. The van der Waals surface area contributed by atoms with Crippen LogP contribution in [0.25, 0.3) is 0 Å². The Bertz CT molecular complexity index is 404. The molecule has 0 aliphatic heterocycles. The predicted molar refractivity (Wildman–Crippen MR) is 55.7 cm³/mol. The molecule has 0 saturated heterocycles. The lowest BCUT2D eigenvalue weighted by atomic mass is 10.3. The van der Waals surface area contributed by atoms with Crippen LogP contribution in [0.4, 0.5) is 0 Å². The molecule has 0 spiro atoms. The summed E-state index contributed by atoms with van der Waals surface area (Å²) >= 11 is 6.83. The zero-order chi connectivity index (χ0) is 9.80. The number of halogens is 1. The minimum Gasteiger partial charge on any atom is -0.486 e. The van der Waals surface area contributed by atoms with Gasteiger partial charge in [-0.05, 0) is 35.3 Å². The molecule has 0 radical (unpaired) electrons. The van der Waals surface area contributed by atoms with E-state index in [-0.39, 0.29) is 5.28 Å². The molecule has 0 bridgehead atoms. The van der Waals surface area contributed by atoms with Crippen LogP contribution >= 0.6 is 23.1 Å². The Morgan fingerprint density at radius 2 is 2.07 bits per heavy atom. The maximum Gasteiger partial charge on any atom is 0.234 e. The quantitative estimate of drug-likeness (QED) is 0.807. The molecule has 2 rings (SSSR count). The van der Waals surface area contributed by atoms with Crippen molar-refractivity contribution in [3.05, 3.63) is 40.6 Å². The molecule has 2 aromatic rings. The van der Waals surface area contributed by atoms with Crippen molar-refractivity contribution in [2.45, 2.75) is 6.61 Å². The summed E-state index contributed by atoms with van der Waals surface area (Å²) in [4.78, 5) is 3.97. The van der Waals surface area contributed by atoms with Crippen molar-refractivity contribution in [1.29, 1.82) is 0 Å². The average Bonchev–Trinajstić information content (AvgIpc) is 2.63. The van der Waals surface area contributed by atoms with Crippen molar-refractivity contribution in [1.82, 2.24) is 9.36 Å². The topological polar surface area (TPSA) is 35.0 Å². The van der Waals surface area contributed by atoms with E-state index in [2.05, 4.69) is 9.36 Å². The monoisotopic (exact) mass is 226 g/mol. The summed E-state index contributed by atoms with van der Waals surface area (Å²) in [5, 5.41) is 1.06. The van der Waals surface area contributed by atoms with Crippen LogP contribution in [0.3, 0.4) is 0 Å². The van der Waals surface area contributed by atoms with E-state index in [9.17, 15) is 0 Å². The van der Waals surface area contributed by atoms with Gasteiger partial charge in [0.1, 0.15) is 12.4 Å². The third kappa shape index (κ3) is 2.43. The second-order valence-corrected chi connectivity index (χ2v) is 3.73. The fraction of sp³-hybridized carbons (Fsp3) is 0.111. The Labute approximate surface area is 90.5 Å². The van der Waals surface area contributed by atoms with E-state index in [1.807, 2.05) is 30.3 Å². The highest BCUT2D eigenvalue weighted by atomic mass is 35.5. The van der Waals surface area contributed by atoms with Crippen molar-refractivity contribution in [2.75, 3.05) is 0 Å². The third-order valence-corrected chi connectivity index (χ3v) is 2.50. The fourth-order valence-corrected chi connectivity index (χ4v) is 1.67. The van der Waals surface area contributed by atoms with Crippen LogP contribution in [0.15, 0.2) is 30.3 Å². The fourth-order valence-electron chi connectivity index (χ4n) is 0.954. The Balaban J connectivity index is 1.95. The molecule has 0 saturated carbocycles. The van der Waals surface area contributed by atoms with E-state index in [0.29, 0.717) is 6.61 Å². The summed E-state index contributed by atoms with van der Waals surface area (Å²) in [6, 6.07) is 9.56. The number of ether oxygens (including phenoxy) is 1. The van der Waals surface area contributed by atoms with Gasteiger partial charge in [0.2, 0.25) is 5.28 Å². The molecular weight excluding hydrogens is 220 g/mol. The molecule has 0 unspecified atom stereocenters. The molecule has 0 fully saturated rings. The maximum absolute atomic E-state index is 5.57. The molecule has 0 atom stereocenters. The van der Waals surface area contributed by atoms with E-state index < -0.39 is 0 Å². The molecule has 5 heteroatoms. The summed E-state index contributed by atoms with van der Waals surface area (Å²) in [7, 11) is 0. The normalized spacial score (nSPS) is 10.1. The van der Waals surface area contributed by atoms with Crippen LogP contribution in [-0.2, 0) is 6.61 Å². The SMILES string of the molecule is Clc1nsc(COc2ccccc2)n1. The van der Waals surface area contributed by atoms with Crippen molar-refractivity contribution >= 4 is 23.1 Å². The minimum atomic E-state index is 0.279. The van der Waals surface area contributed by atoms with E-state index >= 15 is 0 Å². The van der Waals surface area contributed by atoms with Gasteiger partial charge >= 0.3 is 0 Å².